The van der Waals surface area contributed by atoms with E-state index < -0.39 is 10.0 Å². The van der Waals surface area contributed by atoms with E-state index in [0.29, 0.717) is 50.8 Å². The Labute approximate surface area is 183 Å². The summed E-state index contributed by atoms with van der Waals surface area (Å²) in [5.41, 5.74) is 1.47. The number of aryl methyl sites for hydroxylation is 1. The molecule has 0 aliphatic carbocycles. The number of hydrogen-bond acceptors (Lipinski definition) is 6. The van der Waals surface area contributed by atoms with Crippen molar-refractivity contribution in [1.29, 1.82) is 0 Å². The Kier molecular flexibility index (Phi) is 7.89. The van der Waals surface area contributed by atoms with E-state index in [-0.39, 0.29) is 17.2 Å². The van der Waals surface area contributed by atoms with Crippen molar-refractivity contribution in [2.24, 2.45) is 0 Å². The molecule has 2 aromatic rings. The summed E-state index contributed by atoms with van der Waals surface area (Å²) >= 11 is 0. The third kappa shape index (κ3) is 6.19. The monoisotopic (exact) mass is 448 g/mol. The molecule has 31 heavy (non-hydrogen) atoms. The summed E-state index contributed by atoms with van der Waals surface area (Å²) in [5.74, 6) is 0.908. The highest BCUT2D eigenvalue weighted by atomic mass is 32.2. The Bertz CT molecular complexity index is 986. The lowest BCUT2D eigenvalue weighted by atomic mass is 10.2. The topological polar surface area (TPSA) is 94.2 Å². The molecular weight excluding hydrogens is 420 g/mol. The maximum atomic E-state index is 12.9. The van der Waals surface area contributed by atoms with Crippen molar-refractivity contribution in [2.45, 2.75) is 24.7 Å². The van der Waals surface area contributed by atoms with Crippen LogP contribution in [-0.2, 0) is 19.6 Å². The molecule has 1 fully saturated rings. The van der Waals surface area contributed by atoms with Crippen LogP contribution in [0, 0.1) is 6.92 Å². The van der Waals surface area contributed by atoms with E-state index in [9.17, 15) is 13.2 Å². The van der Waals surface area contributed by atoms with Crippen molar-refractivity contribution in [3.05, 3.63) is 48.0 Å². The van der Waals surface area contributed by atoms with E-state index in [1.807, 2.05) is 31.2 Å². The third-order valence-electron chi connectivity index (χ3n) is 4.89. The molecule has 1 aliphatic rings. The van der Waals surface area contributed by atoms with Gasteiger partial charge in [-0.25, -0.2) is 8.42 Å². The molecule has 0 atom stereocenters. The Morgan fingerprint density at radius 2 is 1.84 bits per heavy atom. The van der Waals surface area contributed by atoms with Crippen LogP contribution in [0.2, 0.25) is 0 Å². The number of hydrogen-bond donors (Lipinski definition) is 1. The van der Waals surface area contributed by atoms with Crippen molar-refractivity contribution in [1.82, 2.24) is 4.31 Å². The predicted molar refractivity (Wildman–Crippen MR) is 117 cm³/mol. The van der Waals surface area contributed by atoms with Crippen molar-refractivity contribution < 1.29 is 27.4 Å². The second-order valence-corrected chi connectivity index (χ2v) is 9.13. The molecule has 2 aromatic carbocycles. The largest absolute Gasteiger partial charge is 0.495 e. The van der Waals surface area contributed by atoms with E-state index in [2.05, 4.69) is 5.32 Å². The number of nitrogens with one attached hydrogen (secondary N) is 1. The van der Waals surface area contributed by atoms with Gasteiger partial charge in [0.1, 0.15) is 11.5 Å². The van der Waals surface area contributed by atoms with E-state index in [1.54, 1.807) is 6.07 Å². The number of rotatable bonds is 9. The maximum absolute atomic E-state index is 12.9. The molecule has 0 spiro atoms. The lowest BCUT2D eigenvalue weighted by Crippen LogP contribution is -2.40. The first kappa shape index (κ1) is 23.1. The molecule has 168 valence electrons. The molecule has 0 bridgehead atoms. The van der Waals surface area contributed by atoms with Crippen LogP contribution in [0.1, 0.15) is 18.4 Å². The number of anilines is 1. The zero-order valence-corrected chi connectivity index (χ0v) is 18.6. The molecule has 8 nitrogen and oxygen atoms in total. The zero-order chi connectivity index (χ0) is 22.3. The fraction of sp³-hybridized carbons (Fsp3) is 0.409. The summed E-state index contributed by atoms with van der Waals surface area (Å²) in [6.45, 7) is 3.74. The molecule has 0 unspecified atom stereocenters. The van der Waals surface area contributed by atoms with Gasteiger partial charge in [0, 0.05) is 19.5 Å². The number of methoxy groups -OCH3 is 1. The Morgan fingerprint density at radius 1 is 1.13 bits per heavy atom. The number of benzene rings is 2. The number of ether oxygens (including phenoxy) is 3. The van der Waals surface area contributed by atoms with Gasteiger partial charge in [0.05, 0.1) is 37.5 Å². The first-order valence-corrected chi connectivity index (χ1v) is 11.6. The van der Waals surface area contributed by atoms with E-state index in [1.165, 1.54) is 23.5 Å². The van der Waals surface area contributed by atoms with Crippen LogP contribution >= 0.6 is 0 Å². The van der Waals surface area contributed by atoms with Gasteiger partial charge in [-0.05, 0) is 43.7 Å². The third-order valence-corrected chi connectivity index (χ3v) is 6.79. The van der Waals surface area contributed by atoms with Crippen molar-refractivity contribution in [3.63, 3.8) is 0 Å². The number of morpholine rings is 1. The summed E-state index contributed by atoms with van der Waals surface area (Å²) in [4.78, 5) is 12.5. The lowest BCUT2D eigenvalue weighted by Gasteiger charge is -2.26. The minimum Gasteiger partial charge on any atom is -0.495 e. The SMILES string of the molecule is COc1ccc(S(=O)(=O)N2CCOCC2)cc1NC(=O)CCCOc1ccc(C)cc1. The zero-order valence-electron chi connectivity index (χ0n) is 17.8. The molecule has 0 radical (unpaired) electrons. The Hall–Kier alpha value is -2.62. The quantitative estimate of drug-likeness (QED) is 0.593. The molecule has 1 heterocycles. The Morgan fingerprint density at radius 3 is 2.52 bits per heavy atom. The van der Waals surface area contributed by atoms with Crippen LogP contribution in [0.3, 0.4) is 0 Å². The molecule has 0 aromatic heterocycles. The van der Waals surface area contributed by atoms with Gasteiger partial charge in [-0.1, -0.05) is 17.7 Å². The molecular formula is C22H28N2O6S. The van der Waals surface area contributed by atoms with Gasteiger partial charge in [0.2, 0.25) is 15.9 Å². The summed E-state index contributed by atoms with van der Waals surface area (Å²) in [6, 6.07) is 12.2. The highest BCUT2D eigenvalue weighted by Crippen LogP contribution is 2.29. The van der Waals surface area contributed by atoms with Crippen molar-refractivity contribution in [3.8, 4) is 11.5 Å². The molecule has 1 N–H and O–H groups in total. The average Bonchev–Trinajstić information content (AvgIpc) is 2.78. The molecule has 1 amide bonds. The van der Waals surface area contributed by atoms with Crippen molar-refractivity contribution in [2.75, 3.05) is 45.3 Å². The molecule has 1 saturated heterocycles. The highest BCUT2D eigenvalue weighted by molar-refractivity contribution is 7.89. The second kappa shape index (κ2) is 10.6. The molecule has 1 aliphatic heterocycles. The van der Waals surface area contributed by atoms with E-state index >= 15 is 0 Å². The minimum atomic E-state index is -3.67. The number of nitrogens with zero attached hydrogens (tertiary/aromatic N) is 1. The van der Waals surface area contributed by atoms with Gasteiger partial charge in [-0.15, -0.1) is 0 Å². The summed E-state index contributed by atoms with van der Waals surface area (Å²) < 4.78 is 43.3. The van der Waals surface area contributed by atoms with Crippen LogP contribution in [-0.4, -0.2) is 58.7 Å². The number of carbonyl (C=O) groups excluding carboxylic acids is 1. The summed E-state index contributed by atoms with van der Waals surface area (Å²) in [5, 5.41) is 2.76. The predicted octanol–water partition coefficient (Wildman–Crippen LogP) is 2.82. The first-order chi connectivity index (χ1) is 14.9. The van der Waals surface area contributed by atoms with Gasteiger partial charge < -0.3 is 19.5 Å². The van der Waals surface area contributed by atoms with Gasteiger partial charge in [0.25, 0.3) is 0 Å². The second-order valence-electron chi connectivity index (χ2n) is 7.19. The summed E-state index contributed by atoms with van der Waals surface area (Å²) in [6.07, 6.45) is 0.753. The lowest BCUT2D eigenvalue weighted by molar-refractivity contribution is -0.116. The molecule has 9 heteroatoms. The van der Waals surface area contributed by atoms with Crippen LogP contribution in [0.4, 0.5) is 5.69 Å². The average molecular weight is 449 g/mol. The van der Waals surface area contributed by atoms with Crippen LogP contribution < -0.4 is 14.8 Å². The van der Waals surface area contributed by atoms with Crippen molar-refractivity contribution >= 4 is 21.6 Å². The van der Waals surface area contributed by atoms with Crippen LogP contribution in [0.5, 0.6) is 11.5 Å². The van der Waals surface area contributed by atoms with E-state index in [4.69, 9.17) is 14.2 Å². The minimum absolute atomic E-state index is 0.105. The van der Waals surface area contributed by atoms with E-state index in [0.717, 1.165) is 11.3 Å². The highest BCUT2D eigenvalue weighted by Gasteiger charge is 2.27. The Balaban J connectivity index is 1.59. The normalized spacial score (nSPS) is 14.8. The van der Waals surface area contributed by atoms with Gasteiger partial charge in [0.15, 0.2) is 0 Å². The maximum Gasteiger partial charge on any atom is 0.243 e. The van der Waals surface area contributed by atoms with Gasteiger partial charge in [-0.2, -0.15) is 4.31 Å². The molecule has 3 rings (SSSR count). The fourth-order valence-electron chi connectivity index (χ4n) is 3.15. The smallest absolute Gasteiger partial charge is 0.243 e. The summed E-state index contributed by atoms with van der Waals surface area (Å²) in [7, 11) is -2.20. The first-order valence-electron chi connectivity index (χ1n) is 10.2. The molecule has 0 saturated carbocycles. The van der Waals surface area contributed by atoms with Gasteiger partial charge in [-0.3, -0.25) is 4.79 Å². The number of amides is 1. The fourth-order valence-corrected chi connectivity index (χ4v) is 4.59. The van der Waals surface area contributed by atoms with Crippen LogP contribution in [0.25, 0.3) is 0 Å². The number of sulfonamides is 1. The number of carbonyl (C=O) groups is 1. The standard InChI is InChI=1S/C22H28N2O6S/c1-17-5-7-18(8-6-17)30-13-3-4-22(25)23-20-16-19(9-10-21(20)28-2)31(26,27)24-11-14-29-15-12-24/h5-10,16H,3-4,11-15H2,1-2H3,(H,23,25). The van der Waals surface area contributed by atoms with Crippen LogP contribution in [0.15, 0.2) is 47.4 Å². The van der Waals surface area contributed by atoms with Gasteiger partial charge >= 0.3 is 0 Å².